The smallest absolute Gasteiger partial charge is 0.294 e. The molecule has 13 nitrogen and oxygen atoms in total. The molecule has 5 aliphatic carbocycles. The topological polar surface area (TPSA) is 244 Å². The van der Waals surface area contributed by atoms with Gasteiger partial charge in [-0.1, -0.05) is 60.7 Å². The molecule has 1 aromatic rings. The molecule has 0 aliphatic heterocycles. The predicted octanol–water partition coefficient (Wildman–Crippen LogP) is 2.63. The Labute approximate surface area is 289 Å². The minimum atomic E-state index is -4.89. The quantitative estimate of drug-likeness (QED) is 0.219. The van der Waals surface area contributed by atoms with E-state index in [0.717, 1.165) is 35.9 Å². The fourth-order valence-corrected chi connectivity index (χ4v) is 9.34. The average molecular weight is 749 g/mol. The summed E-state index contributed by atoms with van der Waals surface area (Å²) in [6.07, 6.45) is 3.20. The van der Waals surface area contributed by atoms with Gasteiger partial charge in [-0.2, -0.15) is 25.3 Å². The van der Waals surface area contributed by atoms with E-state index in [-0.39, 0.29) is 36.0 Å². The number of benzene rings is 1. The summed E-state index contributed by atoms with van der Waals surface area (Å²) in [7, 11) is -14.5. The SMILES string of the molecule is O=S(=O)(O)C1=CC2CC3=CC(c4ccccc4)=CC(CC4C=C(S(=O)(=O)O)C=C(CC5C=C(S(=O)(=O)O)C=C(CC(=C1)C2O)C5O)C4O)C3O. The van der Waals surface area contributed by atoms with Crippen molar-refractivity contribution in [3.8, 4) is 0 Å². The molecule has 268 valence electrons. The van der Waals surface area contributed by atoms with Crippen molar-refractivity contribution in [3.63, 3.8) is 0 Å². The second-order valence-corrected chi connectivity index (χ2v) is 17.5. The van der Waals surface area contributed by atoms with E-state index < -0.39 is 99.6 Å². The Kier molecular flexibility index (Phi) is 9.75. The van der Waals surface area contributed by atoms with Gasteiger partial charge >= 0.3 is 0 Å². The van der Waals surface area contributed by atoms with Crippen LogP contribution in [0.4, 0.5) is 0 Å². The van der Waals surface area contributed by atoms with Crippen LogP contribution < -0.4 is 0 Å². The summed E-state index contributed by atoms with van der Waals surface area (Å²) in [5.74, 6) is -4.05. The first-order valence-electron chi connectivity index (χ1n) is 15.7. The third kappa shape index (κ3) is 7.50. The second kappa shape index (κ2) is 13.4. The lowest BCUT2D eigenvalue weighted by atomic mass is 9.72. The van der Waals surface area contributed by atoms with Crippen molar-refractivity contribution >= 4 is 35.9 Å². The normalized spacial score (nSPS) is 32.2. The highest BCUT2D eigenvalue weighted by atomic mass is 32.2. The Morgan fingerprint density at radius 3 is 1.32 bits per heavy atom. The Morgan fingerprint density at radius 1 is 0.480 bits per heavy atom. The van der Waals surface area contributed by atoms with Crippen LogP contribution in [0.5, 0.6) is 0 Å². The maximum Gasteiger partial charge on any atom is 0.294 e. The molecule has 8 atom stereocenters. The first kappa shape index (κ1) is 36.5. The zero-order chi connectivity index (χ0) is 36.3. The van der Waals surface area contributed by atoms with Gasteiger partial charge in [0.05, 0.1) is 39.1 Å². The zero-order valence-corrected chi connectivity index (χ0v) is 28.7. The van der Waals surface area contributed by atoms with Crippen molar-refractivity contribution in [2.75, 3.05) is 0 Å². The molecule has 8 unspecified atom stereocenters. The maximum absolute atomic E-state index is 12.4. The van der Waals surface area contributed by atoms with Crippen LogP contribution >= 0.6 is 0 Å². The molecule has 5 aliphatic rings. The van der Waals surface area contributed by atoms with Crippen LogP contribution in [0, 0.1) is 23.7 Å². The molecule has 0 saturated heterocycles. The van der Waals surface area contributed by atoms with Crippen molar-refractivity contribution in [2.45, 2.75) is 50.1 Å². The van der Waals surface area contributed by atoms with Gasteiger partial charge in [-0.15, -0.1) is 0 Å². The standard InChI is InChI=1S/C34H36O13S3/c35-31-20-6-19(18-4-2-1-3-5-18)7-21(31)9-23-13-29(49(42,43)44)15-25(33(23)37)11-27-17-30(50(45,46)47)16-26(34(27)38)10-24-14-28(48(39,40)41)12-22(8-20)32(24)36/h1-7,12-17,20,22-23,26,31-38H,8-11H2,(H,39,40,41)(H,42,43,44)(H,45,46,47). The van der Waals surface area contributed by atoms with E-state index in [1.165, 1.54) is 6.08 Å². The maximum atomic E-state index is 12.4. The van der Waals surface area contributed by atoms with Gasteiger partial charge in [0, 0.05) is 23.7 Å². The highest BCUT2D eigenvalue weighted by Gasteiger charge is 2.40. The molecule has 0 amide bonds. The van der Waals surface area contributed by atoms with Crippen molar-refractivity contribution in [2.24, 2.45) is 23.7 Å². The molecular weight excluding hydrogens is 713 g/mol. The van der Waals surface area contributed by atoms with Crippen LogP contribution in [0.3, 0.4) is 0 Å². The predicted molar refractivity (Wildman–Crippen MR) is 182 cm³/mol. The van der Waals surface area contributed by atoms with Gasteiger partial charge < -0.3 is 20.4 Å². The molecule has 0 heterocycles. The summed E-state index contributed by atoms with van der Waals surface area (Å²) in [6.45, 7) is 0. The van der Waals surface area contributed by atoms with Gasteiger partial charge in [0.15, 0.2) is 0 Å². The average Bonchev–Trinajstić information content (AvgIpc) is 3.02. The molecule has 0 aromatic heterocycles. The van der Waals surface area contributed by atoms with E-state index in [0.29, 0.717) is 11.1 Å². The lowest BCUT2D eigenvalue weighted by Crippen LogP contribution is -2.36. The summed E-state index contributed by atoms with van der Waals surface area (Å²) >= 11 is 0. The highest BCUT2D eigenvalue weighted by Crippen LogP contribution is 2.44. The van der Waals surface area contributed by atoms with E-state index >= 15 is 0 Å². The first-order valence-corrected chi connectivity index (χ1v) is 20.0. The van der Waals surface area contributed by atoms with Crippen LogP contribution in [0.15, 0.2) is 116 Å². The van der Waals surface area contributed by atoms with E-state index in [1.807, 2.05) is 18.2 Å². The van der Waals surface area contributed by atoms with E-state index in [9.17, 15) is 59.3 Å². The largest absolute Gasteiger partial charge is 0.388 e. The molecule has 50 heavy (non-hydrogen) atoms. The van der Waals surface area contributed by atoms with E-state index in [2.05, 4.69) is 0 Å². The molecule has 8 bridgehead atoms. The Hall–Kier alpha value is -3.29. The monoisotopic (exact) mass is 748 g/mol. The fraction of sp³-hybridized carbons (Fsp3) is 0.353. The van der Waals surface area contributed by atoms with Crippen molar-refractivity contribution in [1.29, 1.82) is 0 Å². The molecule has 0 radical (unpaired) electrons. The van der Waals surface area contributed by atoms with Gasteiger partial charge in [-0.05, 0) is 77.3 Å². The van der Waals surface area contributed by atoms with Crippen molar-refractivity contribution in [1.82, 2.24) is 0 Å². The number of fused-ring (bicyclic) bond motifs is 8. The molecule has 16 heteroatoms. The molecule has 6 rings (SSSR count). The van der Waals surface area contributed by atoms with Gasteiger partial charge in [-0.25, -0.2) is 0 Å². The van der Waals surface area contributed by atoms with Gasteiger partial charge in [0.2, 0.25) is 0 Å². The van der Waals surface area contributed by atoms with Crippen LogP contribution in [0.1, 0.15) is 31.2 Å². The summed E-state index contributed by atoms with van der Waals surface area (Å²) in [5, 5.41) is 46.4. The minimum Gasteiger partial charge on any atom is -0.388 e. The van der Waals surface area contributed by atoms with E-state index in [1.54, 1.807) is 24.3 Å². The molecular formula is C34H36O13S3. The number of rotatable bonds is 4. The number of hydrogen-bond acceptors (Lipinski definition) is 10. The fourth-order valence-electron chi connectivity index (χ4n) is 7.40. The van der Waals surface area contributed by atoms with Crippen LogP contribution in [-0.2, 0) is 30.4 Å². The van der Waals surface area contributed by atoms with Gasteiger partial charge in [0.25, 0.3) is 30.4 Å². The van der Waals surface area contributed by atoms with Crippen molar-refractivity contribution in [3.05, 3.63) is 122 Å². The van der Waals surface area contributed by atoms with Crippen LogP contribution in [0.25, 0.3) is 5.57 Å². The Morgan fingerprint density at radius 2 is 0.860 bits per heavy atom. The zero-order valence-electron chi connectivity index (χ0n) is 26.3. The second-order valence-electron chi connectivity index (χ2n) is 13.3. The lowest BCUT2D eigenvalue weighted by molar-refractivity contribution is 0.0985. The first-order chi connectivity index (χ1) is 23.3. The molecule has 7 N–H and O–H groups in total. The molecule has 0 spiro atoms. The van der Waals surface area contributed by atoms with Gasteiger partial charge in [0.1, 0.15) is 0 Å². The number of aliphatic hydroxyl groups is 4. The summed E-state index contributed by atoms with van der Waals surface area (Å²) in [4.78, 5) is -1.72. The van der Waals surface area contributed by atoms with Gasteiger partial charge in [-0.3, -0.25) is 13.7 Å². The number of allylic oxidation sites excluding steroid dienone is 5. The van der Waals surface area contributed by atoms with E-state index in [4.69, 9.17) is 0 Å². The van der Waals surface area contributed by atoms with Crippen LogP contribution in [0.2, 0.25) is 0 Å². The summed E-state index contributed by atoms with van der Waals surface area (Å²) in [6, 6.07) is 9.07. The molecule has 1 saturated carbocycles. The lowest BCUT2D eigenvalue weighted by Gasteiger charge is -2.37. The number of aliphatic hydroxyl groups excluding tert-OH is 4. The number of hydrogen-bond donors (Lipinski definition) is 7. The molecule has 1 aromatic carbocycles. The third-order valence-electron chi connectivity index (χ3n) is 9.89. The summed E-state index contributed by atoms with van der Waals surface area (Å²) < 4.78 is 104. The van der Waals surface area contributed by atoms with Crippen LogP contribution in [-0.4, -0.2) is 83.8 Å². The van der Waals surface area contributed by atoms with Crippen molar-refractivity contribution < 1.29 is 59.3 Å². The minimum absolute atomic E-state index is 0.00959. The Bertz CT molecular complexity index is 2170. The Balaban J connectivity index is 1.55. The molecule has 1 fully saturated rings. The highest BCUT2D eigenvalue weighted by molar-refractivity contribution is 7.90. The summed E-state index contributed by atoms with van der Waals surface area (Å²) in [5.41, 5.74) is 1.68. The third-order valence-corrected chi connectivity index (χ3v) is 12.4.